The van der Waals surface area contributed by atoms with Crippen molar-refractivity contribution in [3.05, 3.63) is 143 Å². The number of hydrogen-bond donors (Lipinski definition) is 1. The van der Waals surface area contributed by atoms with Gasteiger partial charge in [0.05, 0.1) is 0 Å². The van der Waals surface area contributed by atoms with Gasteiger partial charge >= 0.3 is 0 Å². The summed E-state index contributed by atoms with van der Waals surface area (Å²) in [6.45, 7) is 2.66. The molecule has 0 bridgehead atoms. The second kappa shape index (κ2) is 13.6. The van der Waals surface area contributed by atoms with Crippen LogP contribution in [0.1, 0.15) is 41.5 Å². The Bertz CT molecular complexity index is 1270. The van der Waals surface area contributed by atoms with E-state index in [4.69, 9.17) is 11.6 Å². The summed E-state index contributed by atoms with van der Waals surface area (Å²) in [7, 11) is 0. The Morgan fingerprint density at radius 3 is 1.87 bits per heavy atom. The molecule has 0 aromatic heterocycles. The fourth-order valence-corrected chi connectivity index (χ4v) is 4.98. The molecule has 0 aliphatic carbocycles. The number of carbonyl (C=O) groups is 2. The molecule has 0 radical (unpaired) electrons. The maximum absolute atomic E-state index is 14.2. The number of amides is 2. The summed E-state index contributed by atoms with van der Waals surface area (Å²) in [5, 5.41) is 3.55. The van der Waals surface area contributed by atoms with E-state index in [9.17, 15) is 9.59 Å². The molecule has 0 saturated heterocycles. The van der Waals surface area contributed by atoms with Gasteiger partial charge in [0.25, 0.3) is 0 Å². The van der Waals surface area contributed by atoms with Crippen LogP contribution < -0.4 is 5.32 Å². The first-order valence-electron chi connectivity index (χ1n) is 13.0. The highest BCUT2D eigenvalue weighted by atomic mass is 35.5. The SMILES string of the molecule is CCNC(=O)[C@@H](Cc1ccccc1)N(Cc1cccc(Cl)c1)C(=O)CC(c1ccccc1)c1ccccc1. The fraction of sp³-hybridized carbons (Fsp3) is 0.212. The van der Waals surface area contributed by atoms with Crippen molar-refractivity contribution in [2.45, 2.75) is 38.3 Å². The summed E-state index contributed by atoms with van der Waals surface area (Å²) >= 11 is 6.29. The van der Waals surface area contributed by atoms with Crippen LogP contribution in [-0.4, -0.2) is 29.3 Å². The summed E-state index contributed by atoms with van der Waals surface area (Å²) in [5.74, 6) is -0.393. The Labute approximate surface area is 230 Å². The zero-order valence-electron chi connectivity index (χ0n) is 21.6. The lowest BCUT2D eigenvalue weighted by molar-refractivity contribution is -0.141. The van der Waals surface area contributed by atoms with E-state index >= 15 is 0 Å². The first-order chi connectivity index (χ1) is 18.5. The summed E-state index contributed by atoms with van der Waals surface area (Å²) in [6.07, 6.45) is 0.652. The highest BCUT2D eigenvalue weighted by Gasteiger charge is 2.32. The molecule has 194 valence electrons. The van der Waals surface area contributed by atoms with Crippen LogP contribution in [0.25, 0.3) is 0 Å². The van der Waals surface area contributed by atoms with E-state index in [0.717, 1.165) is 22.3 Å². The standard InChI is InChI=1S/C33H33ClN2O2/c1-2-35-33(38)31(22-25-13-6-3-7-14-25)36(24-26-15-12-20-29(34)21-26)32(37)23-30(27-16-8-4-9-17-27)28-18-10-5-11-19-28/h3-21,30-31H,2,22-24H2,1H3,(H,35,38)/t31-/m1/s1. The molecule has 0 spiro atoms. The van der Waals surface area contributed by atoms with Crippen molar-refractivity contribution >= 4 is 23.4 Å². The minimum absolute atomic E-state index is 0.0881. The monoisotopic (exact) mass is 524 g/mol. The number of benzene rings is 4. The largest absolute Gasteiger partial charge is 0.355 e. The average Bonchev–Trinajstić information content (AvgIpc) is 2.95. The molecule has 0 fully saturated rings. The van der Waals surface area contributed by atoms with Gasteiger partial charge in [0.1, 0.15) is 6.04 Å². The van der Waals surface area contributed by atoms with E-state index in [1.807, 2.05) is 97.9 Å². The van der Waals surface area contributed by atoms with E-state index in [2.05, 4.69) is 29.6 Å². The number of rotatable bonds is 11. The van der Waals surface area contributed by atoms with Gasteiger partial charge in [0.15, 0.2) is 0 Å². The van der Waals surface area contributed by atoms with Crippen molar-refractivity contribution < 1.29 is 9.59 Å². The second-order valence-corrected chi connectivity index (χ2v) is 9.77. The van der Waals surface area contributed by atoms with Crippen LogP contribution in [0.2, 0.25) is 5.02 Å². The Hall–Kier alpha value is -3.89. The second-order valence-electron chi connectivity index (χ2n) is 9.33. The first kappa shape index (κ1) is 27.2. The number of carbonyl (C=O) groups excluding carboxylic acids is 2. The van der Waals surface area contributed by atoms with Crippen LogP contribution in [0.15, 0.2) is 115 Å². The van der Waals surface area contributed by atoms with E-state index in [1.165, 1.54) is 0 Å². The van der Waals surface area contributed by atoms with Gasteiger partial charge in [0, 0.05) is 36.9 Å². The molecule has 1 N–H and O–H groups in total. The van der Waals surface area contributed by atoms with Crippen molar-refractivity contribution in [3.8, 4) is 0 Å². The Balaban J connectivity index is 1.72. The highest BCUT2D eigenvalue weighted by Crippen LogP contribution is 2.30. The minimum atomic E-state index is -0.670. The van der Waals surface area contributed by atoms with Crippen LogP contribution in [0, 0.1) is 0 Å². The van der Waals surface area contributed by atoms with Crippen LogP contribution in [0.5, 0.6) is 0 Å². The quantitative estimate of drug-likeness (QED) is 0.239. The molecule has 2 amide bonds. The maximum atomic E-state index is 14.2. The predicted octanol–water partition coefficient (Wildman–Crippen LogP) is 6.64. The molecule has 0 heterocycles. The van der Waals surface area contributed by atoms with Crippen molar-refractivity contribution in [2.24, 2.45) is 0 Å². The van der Waals surface area contributed by atoms with E-state index < -0.39 is 6.04 Å². The molecule has 4 aromatic carbocycles. The molecule has 4 aromatic rings. The molecule has 0 unspecified atom stereocenters. The number of likely N-dealkylation sites (N-methyl/N-ethyl adjacent to an activating group) is 1. The van der Waals surface area contributed by atoms with E-state index in [0.29, 0.717) is 18.0 Å². The Morgan fingerprint density at radius 2 is 1.32 bits per heavy atom. The minimum Gasteiger partial charge on any atom is -0.355 e. The van der Waals surface area contributed by atoms with Gasteiger partial charge in [0.2, 0.25) is 11.8 Å². The summed E-state index contributed by atoms with van der Waals surface area (Å²) in [4.78, 5) is 29.4. The van der Waals surface area contributed by atoms with Crippen molar-refractivity contribution in [3.63, 3.8) is 0 Å². The molecule has 1 atom stereocenters. The van der Waals surface area contributed by atoms with Gasteiger partial charge in [-0.05, 0) is 41.3 Å². The lowest BCUT2D eigenvalue weighted by Crippen LogP contribution is -2.50. The lowest BCUT2D eigenvalue weighted by Gasteiger charge is -2.33. The normalized spacial score (nSPS) is 11.7. The number of nitrogens with one attached hydrogen (secondary N) is 1. The Kier molecular flexibility index (Phi) is 9.71. The zero-order valence-corrected chi connectivity index (χ0v) is 22.4. The van der Waals surface area contributed by atoms with Crippen molar-refractivity contribution in [2.75, 3.05) is 6.54 Å². The molecule has 4 nitrogen and oxygen atoms in total. The molecular formula is C33H33ClN2O2. The van der Waals surface area contributed by atoms with Crippen LogP contribution in [0.3, 0.4) is 0 Å². The van der Waals surface area contributed by atoms with Crippen LogP contribution in [0.4, 0.5) is 0 Å². The third-order valence-electron chi connectivity index (χ3n) is 6.65. The topological polar surface area (TPSA) is 49.4 Å². The van der Waals surface area contributed by atoms with E-state index in [-0.39, 0.29) is 30.7 Å². The molecule has 0 aliphatic rings. The van der Waals surface area contributed by atoms with Crippen LogP contribution >= 0.6 is 11.6 Å². The Morgan fingerprint density at radius 1 is 0.763 bits per heavy atom. The van der Waals surface area contributed by atoms with Gasteiger partial charge in [-0.1, -0.05) is 115 Å². The summed E-state index contributed by atoms with van der Waals surface area (Å²) in [6, 6.07) is 36.8. The third-order valence-corrected chi connectivity index (χ3v) is 6.88. The number of hydrogen-bond acceptors (Lipinski definition) is 2. The van der Waals surface area contributed by atoms with Gasteiger partial charge in [-0.15, -0.1) is 0 Å². The zero-order chi connectivity index (χ0) is 26.7. The van der Waals surface area contributed by atoms with Gasteiger partial charge in [-0.3, -0.25) is 9.59 Å². The third kappa shape index (κ3) is 7.33. The van der Waals surface area contributed by atoms with E-state index in [1.54, 1.807) is 4.90 Å². The molecule has 0 aliphatic heterocycles. The first-order valence-corrected chi connectivity index (χ1v) is 13.4. The molecule has 4 rings (SSSR count). The molecular weight excluding hydrogens is 492 g/mol. The highest BCUT2D eigenvalue weighted by molar-refractivity contribution is 6.30. The smallest absolute Gasteiger partial charge is 0.243 e. The fourth-order valence-electron chi connectivity index (χ4n) is 4.77. The maximum Gasteiger partial charge on any atom is 0.243 e. The molecule has 5 heteroatoms. The summed E-state index contributed by atoms with van der Waals surface area (Å²) in [5.41, 5.74) is 4.00. The van der Waals surface area contributed by atoms with Gasteiger partial charge in [-0.2, -0.15) is 0 Å². The summed E-state index contributed by atoms with van der Waals surface area (Å²) < 4.78 is 0. The van der Waals surface area contributed by atoms with Gasteiger partial charge in [-0.25, -0.2) is 0 Å². The van der Waals surface area contributed by atoms with Gasteiger partial charge < -0.3 is 10.2 Å². The van der Waals surface area contributed by atoms with Crippen LogP contribution in [-0.2, 0) is 22.6 Å². The predicted molar refractivity (Wildman–Crippen MR) is 154 cm³/mol. The van der Waals surface area contributed by atoms with Crippen molar-refractivity contribution in [1.82, 2.24) is 10.2 Å². The lowest BCUT2D eigenvalue weighted by atomic mass is 9.87. The molecule has 38 heavy (non-hydrogen) atoms. The number of nitrogens with zero attached hydrogens (tertiary/aromatic N) is 1. The number of halogens is 1. The van der Waals surface area contributed by atoms with Crippen molar-refractivity contribution in [1.29, 1.82) is 0 Å². The molecule has 0 saturated carbocycles. The average molecular weight is 525 g/mol.